The van der Waals surface area contributed by atoms with Crippen LogP contribution in [0.3, 0.4) is 0 Å². The lowest BCUT2D eigenvalue weighted by Crippen LogP contribution is -2.40. The summed E-state index contributed by atoms with van der Waals surface area (Å²) in [6, 6.07) is 0. The first kappa shape index (κ1) is 17.8. The van der Waals surface area contributed by atoms with E-state index in [1.165, 1.54) is 24.7 Å². The third kappa shape index (κ3) is 3.11. The van der Waals surface area contributed by atoms with E-state index in [-0.39, 0.29) is 17.1 Å². The van der Waals surface area contributed by atoms with Crippen molar-refractivity contribution in [3.8, 4) is 0 Å². The van der Waals surface area contributed by atoms with Crippen molar-refractivity contribution in [2.24, 2.45) is 0 Å². The first-order valence-corrected chi connectivity index (χ1v) is 7.65. The number of esters is 2. The van der Waals surface area contributed by atoms with Gasteiger partial charge in [-0.2, -0.15) is 4.98 Å². The highest BCUT2D eigenvalue weighted by Gasteiger charge is 2.50. The van der Waals surface area contributed by atoms with Crippen LogP contribution >= 0.6 is 0 Å². The Hall–Kier alpha value is -2.99. The summed E-state index contributed by atoms with van der Waals surface area (Å²) in [7, 11) is 0. The van der Waals surface area contributed by atoms with E-state index in [0.29, 0.717) is 0 Å². The number of aliphatic hydroxyl groups is 1. The number of nitrogens with one attached hydrogen (secondary N) is 1. The second-order valence-corrected chi connectivity index (χ2v) is 5.67. The Bertz CT molecular complexity index is 907. The van der Waals surface area contributed by atoms with E-state index in [9.17, 15) is 19.5 Å². The highest BCUT2D eigenvalue weighted by molar-refractivity contribution is 5.71. The number of aromatic amines is 1. The summed E-state index contributed by atoms with van der Waals surface area (Å²) in [4.78, 5) is 45.1. The minimum absolute atomic E-state index is 0.000796. The summed E-state index contributed by atoms with van der Waals surface area (Å²) in [6.07, 6.45) is -2.88. The molecule has 4 atom stereocenters. The number of imidazole rings is 1. The van der Waals surface area contributed by atoms with Crippen LogP contribution in [0.1, 0.15) is 20.1 Å². The number of ether oxygens (including phenoxy) is 3. The van der Waals surface area contributed by atoms with Crippen LogP contribution in [0.15, 0.2) is 11.1 Å². The number of carbonyl (C=O) groups excluding carboxylic acids is 2. The fourth-order valence-electron chi connectivity index (χ4n) is 2.86. The van der Waals surface area contributed by atoms with Gasteiger partial charge in [-0.3, -0.25) is 23.9 Å². The van der Waals surface area contributed by atoms with Gasteiger partial charge in [-0.15, -0.1) is 0 Å². The SMILES string of the molecule is CC(=O)O[C@@H]1[C@H](OC(C)=O)[C@@H](CO)O[C@H]1n1cnc2c(=O)[nH]c(N)nc21. The molecule has 3 heterocycles. The number of hydrogen-bond acceptors (Lipinski definition) is 10. The molecule has 3 rings (SSSR count). The van der Waals surface area contributed by atoms with Crippen LogP contribution in [0, 0.1) is 0 Å². The molecule has 2 aromatic rings. The van der Waals surface area contributed by atoms with E-state index in [2.05, 4.69) is 15.0 Å². The van der Waals surface area contributed by atoms with Gasteiger partial charge in [-0.25, -0.2) is 4.98 Å². The Kier molecular flexibility index (Phi) is 4.61. The molecule has 4 N–H and O–H groups in total. The summed E-state index contributed by atoms with van der Waals surface area (Å²) < 4.78 is 17.5. The van der Waals surface area contributed by atoms with Gasteiger partial charge >= 0.3 is 11.9 Å². The minimum atomic E-state index is -1.09. The van der Waals surface area contributed by atoms with Crippen molar-refractivity contribution in [2.75, 3.05) is 12.3 Å². The third-order valence-electron chi connectivity index (χ3n) is 3.79. The van der Waals surface area contributed by atoms with E-state index in [4.69, 9.17) is 19.9 Å². The number of hydrogen-bond donors (Lipinski definition) is 3. The zero-order valence-electron chi connectivity index (χ0n) is 13.9. The average molecular weight is 367 g/mol. The lowest BCUT2D eigenvalue weighted by molar-refractivity contribution is -0.165. The van der Waals surface area contributed by atoms with E-state index >= 15 is 0 Å². The Morgan fingerprint density at radius 1 is 1.35 bits per heavy atom. The lowest BCUT2D eigenvalue weighted by Gasteiger charge is -2.23. The second-order valence-electron chi connectivity index (χ2n) is 5.67. The monoisotopic (exact) mass is 367 g/mol. The van der Waals surface area contributed by atoms with Crippen molar-refractivity contribution >= 4 is 29.1 Å². The molecule has 1 saturated heterocycles. The van der Waals surface area contributed by atoms with Crippen LogP contribution < -0.4 is 11.3 Å². The molecular weight excluding hydrogens is 350 g/mol. The largest absolute Gasteiger partial charge is 0.456 e. The van der Waals surface area contributed by atoms with Crippen molar-refractivity contribution in [3.05, 3.63) is 16.7 Å². The first-order chi connectivity index (χ1) is 12.3. The quantitative estimate of drug-likeness (QED) is 0.537. The maximum Gasteiger partial charge on any atom is 0.303 e. The van der Waals surface area contributed by atoms with Crippen molar-refractivity contribution in [2.45, 2.75) is 38.4 Å². The topological polar surface area (TPSA) is 172 Å². The molecule has 12 nitrogen and oxygen atoms in total. The summed E-state index contributed by atoms with van der Waals surface area (Å²) in [6.45, 7) is 1.87. The number of fused-ring (bicyclic) bond motifs is 1. The number of nitrogens with two attached hydrogens (primary N) is 1. The van der Waals surface area contributed by atoms with Crippen LogP contribution in [0.4, 0.5) is 5.95 Å². The third-order valence-corrected chi connectivity index (χ3v) is 3.79. The summed E-state index contributed by atoms with van der Waals surface area (Å²) in [5.41, 5.74) is 5.11. The molecule has 140 valence electrons. The van der Waals surface area contributed by atoms with Gasteiger partial charge in [0.05, 0.1) is 12.9 Å². The smallest absolute Gasteiger partial charge is 0.303 e. The van der Waals surface area contributed by atoms with Crippen LogP contribution in [0.25, 0.3) is 11.2 Å². The van der Waals surface area contributed by atoms with Gasteiger partial charge < -0.3 is 25.1 Å². The number of nitrogen functional groups attached to an aromatic ring is 1. The molecule has 0 bridgehead atoms. The fraction of sp³-hybridized carbons (Fsp3) is 0.500. The molecule has 0 aliphatic carbocycles. The van der Waals surface area contributed by atoms with Crippen molar-refractivity contribution in [3.63, 3.8) is 0 Å². The van der Waals surface area contributed by atoms with Gasteiger partial charge in [0.25, 0.3) is 5.56 Å². The molecule has 0 unspecified atom stereocenters. The Balaban J connectivity index is 2.08. The maximum atomic E-state index is 11.9. The van der Waals surface area contributed by atoms with Gasteiger partial charge in [0.2, 0.25) is 5.95 Å². The van der Waals surface area contributed by atoms with Crippen LogP contribution in [0.2, 0.25) is 0 Å². The maximum absolute atomic E-state index is 11.9. The fourth-order valence-corrected chi connectivity index (χ4v) is 2.86. The van der Waals surface area contributed by atoms with E-state index in [0.717, 1.165) is 0 Å². The normalized spacial score (nSPS) is 25.3. The van der Waals surface area contributed by atoms with Gasteiger partial charge in [0, 0.05) is 13.8 Å². The van der Waals surface area contributed by atoms with Gasteiger partial charge in [-0.05, 0) is 0 Å². The van der Waals surface area contributed by atoms with Gasteiger partial charge in [0.1, 0.15) is 6.10 Å². The Morgan fingerprint density at radius 3 is 2.62 bits per heavy atom. The summed E-state index contributed by atoms with van der Waals surface area (Å²) >= 11 is 0. The number of aliphatic hydroxyl groups excluding tert-OH is 1. The van der Waals surface area contributed by atoms with E-state index < -0.39 is 48.6 Å². The number of carbonyl (C=O) groups is 2. The highest BCUT2D eigenvalue weighted by Crippen LogP contribution is 2.35. The number of nitrogens with zero attached hydrogens (tertiary/aromatic N) is 3. The molecule has 12 heteroatoms. The number of anilines is 1. The molecule has 1 fully saturated rings. The van der Waals surface area contributed by atoms with Crippen LogP contribution in [-0.4, -0.2) is 61.5 Å². The molecule has 0 aromatic carbocycles. The van der Waals surface area contributed by atoms with Gasteiger partial charge in [-0.1, -0.05) is 0 Å². The number of rotatable bonds is 4. The molecule has 1 aliphatic heterocycles. The van der Waals surface area contributed by atoms with Crippen molar-refractivity contribution in [1.82, 2.24) is 19.5 Å². The van der Waals surface area contributed by atoms with Crippen LogP contribution in [0.5, 0.6) is 0 Å². The van der Waals surface area contributed by atoms with Crippen molar-refractivity contribution < 1.29 is 28.9 Å². The average Bonchev–Trinajstić information content (AvgIpc) is 3.09. The molecular formula is C14H17N5O7. The number of aromatic nitrogens is 4. The highest BCUT2D eigenvalue weighted by atomic mass is 16.6. The van der Waals surface area contributed by atoms with E-state index in [1.807, 2.05) is 0 Å². The summed E-state index contributed by atoms with van der Waals surface area (Å²) in [5.74, 6) is -1.42. The minimum Gasteiger partial charge on any atom is -0.456 e. The van der Waals surface area contributed by atoms with E-state index in [1.54, 1.807) is 0 Å². The standard InChI is InChI=1S/C14H17N5O7/c1-5(21)24-9-7(3-20)26-13(10(9)25-6(2)22)19-4-16-8-11(19)17-14(15)18-12(8)23/h4,7,9-10,13,20H,3H2,1-2H3,(H3,15,17,18,23)/t7-,9-,10-,13-/m1/s1. The predicted molar refractivity (Wildman–Crippen MR) is 84.7 cm³/mol. The van der Waals surface area contributed by atoms with Crippen LogP contribution in [-0.2, 0) is 23.8 Å². The van der Waals surface area contributed by atoms with Crippen molar-refractivity contribution in [1.29, 1.82) is 0 Å². The predicted octanol–water partition coefficient (Wildman–Crippen LogP) is -1.55. The summed E-state index contributed by atoms with van der Waals surface area (Å²) in [5, 5.41) is 9.55. The molecule has 1 aliphatic rings. The Labute approximate surface area is 145 Å². The lowest BCUT2D eigenvalue weighted by atomic mass is 10.1. The second kappa shape index (κ2) is 6.72. The molecule has 0 spiro atoms. The van der Waals surface area contributed by atoms with Gasteiger partial charge in [0.15, 0.2) is 29.6 Å². The zero-order valence-corrected chi connectivity index (χ0v) is 13.9. The molecule has 0 amide bonds. The first-order valence-electron chi connectivity index (χ1n) is 7.65. The Morgan fingerprint density at radius 2 is 2.00 bits per heavy atom. The zero-order chi connectivity index (χ0) is 19.0. The molecule has 0 radical (unpaired) electrons. The number of H-pyrrole nitrogens is 1. The molecule has 2 aromatic heterocycles. The molecule has 0 saturated carbocycles. The molecule has 26 heavy (non-hydrogen) atoms.